The van der Waals surface area contributed by atoms with Gasteiger partial charge in [0.1, 0.15) is 12.4 Å². The SMILES string of the molecule is CCc1ccc(NC(=O)C(=O)N/N=C\c2cc(Br)ccc2OCc2ccccc2)cc1. The molecule has 2 amide bonds. The van der Waals surface area contributed by atoms with Crippen LogP contribution in [0.1, 0.15) is 23.6 Å². The molecule has 0 fully saturated rings. The monoisotopic (exact) mass is 479 g/mol. The van der Waals surface area contributed by atoms with Gasteiger partial charge in [0.15, 0.2) is 0 Å². The van der Waals surface area contributed by atoms with Gasteiger partial charge in [0.25, 0.3) is 0 Å². The summed E-state index contributed by atoms with van der Waals surface area (Å²) in [5.41, 5.74) is 5.62. The zero-order valence-electron chi connectivity index (χ0n) is 17.0. The van der Waals surface area contributed by atoms with Crippen LogP contribution in [0.5, 0.6) is 5.75 Å². The van der Waals surface area contributed by atoms with Crippen molar-refractivity contribution >= 4 is 39.6 Å². The molecule has 2 N–H and O–H groups in total. The number of aryl methyl sites for hydroxylation is 1. The maximum absolute atomic E-state index is 12.1. The fourth-order valence-electron chi connectivity index (χ4n) is 2.71. The van der Waals surface area contributed by atoms with E-state index in [1.165, 1.54) is 6.21 Å². The van der Waals surface area contributed by atoms with Gasteiger partial charge in [-0.1, -0.05) is 65.3 Å². The molecule has 0 bridgehead atoms. The number of ether oxygens (including phenoxy) is 1. The molecule has 0 unspecified atom stereocenters. The summed E-state index contributed by atoms with van der Waals surface area (Å²) in [5.74, 6) is -1.06. The summed E-state index contributed by atoms with van der Waals surface area (Å²) in [7, 11) is 0. The maximum Gasteiger partial charge on any atom is 0.329 e. The van der Waals surface area contributed by atoms with E-state index in [9.17, 15) is 9.59 Å². The first-order valence-electron chi connectivity index (χ1n) is 9.74. The van der Waals surface area contributed by atoms with E-state index in [4.69, 9.17) is 4.74 Å². The van der Waals surface area contributed by atoms with Crippen molar-refractivity contribution in [3.8, 4) is 5.75 Å². The van der Waals surface area contributed by atoms with E-state index in [0.717, 1.165) is 22.0 Å². The highest BCUT2D eigenvalue weighted by Crippen LogP contribution is 2.22. The number of carbonyl (C=O) groups excluding carboxylic acids is 2. The third kappa shape index (κ3) is 6.79. The van der Waals surface area contributed by atoms with E-state index >= 15 is 0 Å². The standard InChI is InChI=1S/C24H22BrN3O3/c1-2-17-8-11-21(12-9-17)27-23(29)24(30)28-26-15-19-14-20(25)10-13-22(19)31-16-18-6-4-3-5-7-18/h3-15H,2,16H2,1H3,(H,27,29)(H,28,30)/b26-15-. The molecular weight excluding hydrogens is 458 g/mol. The van der Waals surface area contributed by atoms with Crippen LogP contribution >= 0.6 is 15.9 Å². The predicted octanol–water partition coefficient (Wildman–Crippen LogP) is 4.68. The van der Waals surface area contributed by atoms with Gasteiger partial charge >= 0.3 is 11.8 Å². The van der Waals surface area contributed by atoms with E-state index in [1.807, 2.05) is 67.6 Å². The minimum atomic E-state index is -0.863. The van der Waals surface area contributed by atoms with E-state index in [0.29, 0.717) is 23.6 Å². The molecule has 0 aromatic heterocycles. The molecule has 0 aliphatic rings. The lowest BCUT2D eigenvalue weighted by atomic mass is 10.1. The predicted molar refractivity (Wildman–Crippen MR) is 125 cm³/mol. The second-order valence-corrected chi connectivity index (χ2v) is 7.58. The number of carbonyl (C=O) groups is 2. The number of rotatable bonds is 7. The Bertz CT molecular complexity index is 1070. The molecule has 3 aromatic rings. The molecule has 7 heteroatoms. The molecule has 6 nitrogen and oxygen atoms in total. The Morgan fingerprint density at radius 3 is 2.42 bits per heavy atom. The number of amides is 2. The molecule has 0 aliphatic carbocycles. The van der Waals surface area contributed by atoms with Crippen LogP contribution in [0, 0.1) is 0 Å². The third-order valence-electron chi connectivity index (χ3n) is 4.41. The normalized spacial score (nSPS) is 10.6. The Morgan fingerprint density at radius 2 is 1.71 bits per heavy atom. The Hall–Kier alpha value is -3.45. The van der Waals surface area contributed by atoms with E-state index < -0.39 is 11.8 Å². The molecule has 0 heterocycles. The molecule has 3 rings (SSSR count). The topological polar surface area (TPSA) is 79.8 Å². The van der Waals surface area contributed by atoms with Gasteiger partial charge in [-0.3, -0.25) is 9.59 Å². The first-order valence-corrected chi connectivity index (χ1v) is 10.5. The van der Waals surface area contributed by atoms with Crippen molar-refractivity contribution in [1.82, 2.24) is 5.43 Å². The highest BCUT2D eigenvalue weighted by Gasteiger charge is 2.13. The smallest absolute Gasteiger partial charge is 0.329 e. The van der Waals surface area contributed by atoms with Crippen LogP contribution in [-0.2, 0) is 22.6 Å². The highest BCUT2D eigenvalue weighted by atomic mass is 79.9. The van der Waals surface area contributed by atoms with Crippen molar-refractivity contribution < 1.29 is 14.3 Å². The molecule has 0 atom stereocenters. The van der Waals surface area contributed by atoms with Crippen molar-refractivity contribution in [1.29, 1.82) is 0 Å². The minimum absolute atomic E-state index is 0.398. The molecule has 0 saturated heterocycles. The van der Waals surface area contributed by atoms with Gasteiger partial charge in [0.05, 0.1) is 6.21 Å². The van der Waals surface area contributed by atoms with Gasteiger partial charge in [-0.05, 0) is 47.9 Å². The number of hydrazone groups is 1. The van der Waals surface area contributed by atoms with Crippen LogP contribution in [0.15, 0.2) is 82.4 Å². The van der Waals surface area contributed by atoms with Crippen molar-refractivity contribution in [2.24, 2.45) is 5.10 Å². The van der Waals surface area contributed by atoms with Gasteiger partial charge in [-0.2, -0.15) is 5.10 Å². The largest absolute Gasteiger partial charge is 0.488 e. The van der Waals surface area contributed by atoms with E-state index in [-0.39, 0.29) is 0 Å². The Kier molecular flexibility index (Phi) is 7.95. The van der Waals surface area contributed by atoms with Crippen LogP contribution in [0.2, 0.25) is 0 Å². The number of nitrogens with zero attached hydrogens (tertiary/aromatic N) is 1. The zero-order chi connectivity index (χ0) is 22.1. The Balaban J connectivity index is 1.59. The first-order chi connectivity index (χ1) is 15.0. The lowest BCUT2D eigenvalue weighted by Gasteiger charge is -2.09. The number of hydrogen-bond donors (Lipinski definition) is 2. The molecule has 0 spiro atoms. The summed E-state index contributed by atoms with van der Waals surface area (Å²) in [4.78, 5) is 24.1. The molecule has 31 heavy (non-hydrogen) atoms. The van der Waals surface area contributed by atoms with Crippen molar-refractivity contribution in [2.45, 2.75) is 20.0 Å². The fourth-order valence-corrected chi connectivity index (χ4v) is 3.09. The van der Waals surface area contributed by atoms with Crippen LogP contribution in [0.25, 0.3) is 0 Å². The quantitative estimate of drug-likeness (QED) is 0.293. The lowest BCUT2D eigenvalue weighted by Crippen LogP contribution is -2.32. The van der Waals surface area contributed by atoms with Gasteiger partial charge < -0.3 is 10.1 Å². The third-order valence-corrected chi connectivity index (χ3v) is 4.90. The Morgan fingerprint density at radius 1 is 0.968 bits per heavy atom. The number of anilines is 1. The minimum Gasteiger partial charge on any atom is -0.488 e. The van der Waals surface area contributed by atoms with Crippen molar-refractivity contribution in [3.63, 3.8) is 0 Å². The summed E-state index contributed by atoms with van der Waals surface area (Å²) in [6.07, 6.45) is 2.34. The highest BCUT2D eigenvalue weighted by molar-refractivity contribution is 9.10. The number of nitrogens with one attached hydrogen (secondary N) is 2. The van der Waals surface area contributed by atoms with Crippen molar-refractivity contribution in [2.75, 3.05) is 5.32 Å². The summed E-state index contributed by atoms with van der Waals surface area (Å²) in [5, 5.41) is 6.45. The fraction of sp³-hybridized carbons (Fsp3) is 0.125. The van der Waals surface area contributed by atoms with Gasteiger partial charge in [0.2, 0.25) is 0 Å². The summed E-state index contributed by atoms with van der Waals surface area (Å²) in [6.45, 7) is 2.44. The molecule has 0 aliphatic heterocycles. The van der Waals surface area contributed by atoms with Crippen LogP contribution in [0.3, 0.4) is 0 Å². The average Bonchev–Trinajstić information content (AvgIpc) is 2.79. The van der Waals surface area contributed by atoms with Gasteiger partial charge in [-0.25, -0.2) is 5.43 Å². The van der Waals surface area contributed by atoms with Crippen LogP contribution in [0.4, 0.5) is 5.69 Å². The first kappa shape index (κ1) is 22.2. The summed E-state index contributed by atoms with van der Waals surface area (Å²) < 4.78 is 6.71. The molecular formula is C24H22BrN3O3. The van der Waals surface area contributed by atoms with Gasteiger partial charge in [-0.15, -0.1) is 0 Å². The number of hydrogen-bond acceptors (Lipinski definition) is 4. The molecule has 0 radical (unpaired) electrons. The average molecular weight is 480 g/mol. The second-order valence-electron chi connectivity index (χ2n) is 6.66. The van der Waals surface area contributed by atoms with Crippen LogP contribution in [-0.4, -0.2) is 18.0 Å². The lowest BCUT2D eigenvalue weighted by molar-refractivity contribution is -0.136. The number of halogens is 1. The van der Waals surface area contributed by atoms with Crippen molar-refractivity contribution in [3.05, 3.63) is 94.0 Å². The molecule has 0 saturated carbocycles. The van der Waals surface area contributed by atoms with E-state index in [2.05, 4.69) is 31.8 Å². The van der Waals surface area contributed by atoms with E-state index in [1.54, 1.807) is 12.1 Å². The van der Waals surface area contributed by atoms with Crippen LogP contribution < -0.4 is 15.5 Å². The summed E-state index contributed by atoms with van der Waals surface area (Å²) >= 11 is 3.41. The summed E-state index contributed by atoms with van der Waals surface area (Å²) in [6, 6.07) is 22.6. The second kappa shape index (κ2) is 11.1. The molecule has 3 aromatic carbocycles. The van der Waals surface area contributed by atoms with Gasteiger partial charge in [0, 0.05) is 15.7 Å². The maximum atomic E-state index is 12.1. The Labute approximate surface area is 189 Å². The number of benzene rings is 3. The zero-order valence-corrected chi connectivity index (χ0v) is 18.6. The molecule has 158 valence electrons.